The van der Waals surface area contributed by atoms with Crippen molar-refractivity contribution in [3.05, 3.63) is 22.7 Å². The van der Waals surface area contributed by atoms with Crippen molar-refractivity contribution in [1.82, 2.24) is 0 Å². The Morgan fingerprint density at radius 1 is 0.870 bits per heavy atom. The molecule has 2 rings (SSSR count). The molecular weight excluding hydrogens is 292 g/mol. The minimum Gasteiger partial charge on any atom is -0.501 e. The third kappa shape index (κ3) is 4.10. The first-order valence-electron chi connectivity index (χ1n) is 8.57. The first-order valence-corrected chi connectivity index (χ1v) is 8.57. The second-order valence-corrected chi connectivity index (χ2v) is 6.95. The summed E-state index contributed by atoms with van der Waals surface area (Å²) >= 11 is 0. The van der Waals surface area contributed by atoms with Crippen LogP contribution in [-0.4, -0.2) is 40.6 Å². The van der Waals surface area contributed by atoms with Crippen LogP contribution in [0.15, 0.2) is 22.7 Å². The van der Waals surface area contributed by atoms with Gasteiger partial charge in [0.2, 0.25) is 0 Å². The molecule has 0 aliphatic heterocycles. The highest BCUT2D eigenvalue weighted by Gasteiger charge is 2.36. The molecule has 4 atom stereocenters. The molecule has 0 heterocycles. The summed E-state index contributed by atoms with van der Waals surface area (Å²) in [7, 11) is 7.18. The lowest BCUT2D eigenvalue weighted by molar-refractivity contribution is -0.0628. The van der Waals surface area contributed by atoms with Gasteiger partial charge in [-0.25, -0.2) is 0 Å². The normalized spacial score (nSPS) is 32.3. The standard InChI is InChI=1S/C19H32O4/c1-12-7-18(22-5)14(10-16(12)20-3)9-15-11-17(21-4)13(2)8-19(15)23-6/h12,14,16,18H,7-11H2,1-6H3. The van der Waals surface area contributed by atoms with Gasteiger partial charge in [0.05, 0.1) is 37.9 Å². The van der Waals surface area contributed by atoms with Gasteiger partial charge in [-0.2, -0.15) is 0 Å². The molecular formula is C19H32O4. The van der Waals surface area contributed by atoms with Crippen molar-refractivity contribution in [2.75, 3.05) is 28.4 Å². The smallest absolute Gasteiger partial charge is 0.0993 e. The molecule has 0 bridgehead atoms. The molecule has 0 aromatic rings. The van der Waals surface area contributed by atoms with Crippen molar-refractivity contribution < 1.29 is 18.9 Å². The quantitative estimate of drug-likeness (QED) is 0.738. The number of methoxy groups -OCH3 is 4. The van der Waals surface area contributed by atoms with Crippen molar-refractivity contribution in [2.45, 2.75) is 58.2 Å². The zero-order chi connectivity index (χ0) is 17.0. The first kappa shape index (κ1) is 18.3. The van der Waals surface area contributed by atoms with Gasteiger partial charge in [0, 0.05) is 27.1 Å². The van der Waals surface area contributed by atoms with E-state index in [0.717, 1.165) is 43.6 Å². The second-order valence-electron chi connectivity index (χ2n) is 6.95. The summed E-state index contributed by atoms with van der Waals surface area (Å²) in [6, 6.07) is 0. The third-order valence-electron chi connectivity index (χ3n) is 5.58. The topological polar surface area (TPSA) is 36.9 Å². The van der Waals surface area contributed by atoms with E-state index in [2.05, 4.69) is 13.8 Å². The number of hydrogen-bond acceptors (Lipinski definition) is 4. The third-order valence-corrected chi connectivity index (χ3v) is 5.58. The van der Waals surface area contributed by atoms with E-state index >= 15 is 0 Å². The Labute approximate surface area is 140 Å². The highest BCUT2D eigenvalue weighted by atomic mass is 16.5. The summed E-state index contributed by atoms with van der Waals surface area (Å²) in [5.74, 6) is 3.20. The van der Waals surface area contributed by atoms with E-state index in [1.165, 1.54) is 11.1 Å². The predicted molar refractivity (Wildman–Crippen MR) is 91.1 cm³/mol. The number of allylic oxidation sites excluding steroid dienone is 2. The van der Waals surface area contributed by atoms with Crippen LogP contribution in [0.3, 0.4) is 0 Å². The Balaban J connectivity index is 2.14. The van der Waals surface area contributed by atoms with E-state index in [4.69, 9.17) is 18.9 Å². The highest BCUT2D eigenvalue weighted by Crippen LogP contribution is 2.40. The lowest BCUT2D eigenvalue weighted by atomic mass is 9.74. The first-order chi connectivity index (χ1) is 11.0. The van der Waals surface area contributed by atoms with Crippen molar-refractivity contribution >= 4 is 0 Å². The van der Waals surface area contributed by atoms with E-state index < -0.39 is 0 Å². The van der Waals surface area contributed by atoms with Crippen LogP contribution in [0, 0.1) is 11.8 Å². The maximum absolute atomic E-state index is 5.79. The van der Waals surface area contributed by atoms with Crippen LogP contribution >= 0.6 is 0 Å². The van der Waals surface area contributed by atoms with Crippen LogP contribution in [0.2, 0.25) is 0 Å². The fraction of sp³-hybridized carbons (Fsp3) is 0.789. The average Bonchev–Trinajstić information content (AvgIpc) is 2.56. The van der Waals surface area contributed by atoms with Gasteiger partial charge in [0.25, 0.3) is 0 Å². The Hall–Kier alpha value is -1.00. The van der Waals surface area contributed by atoms with E-state index in [1.807, 2.05) is 14.2 Å². The molecule has 0 saturated heterocycles. The van der Waals surface area contributed by atoms with E-state index in [9.17, 15) is 0 Å². The van der Waals surface area contributed by atoms with Crippen molar-refractivity contribution in [2.24, 2.45) is 11.8 Å². The molecule has 4 heteroatoms. The fourth-order valence-corrected chi connectivity index (χ4v) is 4.10. The molecule has 1 fully saturated rings. The Morgan fingerprint density at radius 2 is 1.52 bits per heavy atom. The summed E-state index contributed by atoms with van der Waals surface area (Å²) in [6.45, 7) is 4.38. The average molecular weight is 324 g/mol. The minimum atomic E-state index is 0.292. The lowest BCUT2D eigenvalue weighted by Crippen LogP contribution is -2.39. The number of rotatable bonds is 6. The minimum absolute atomic E-state index is 0.292. The van der Waals surface area contributed by atoms with Gasteiger partial charge in [-0.1, -0.05) is 6.92 Å². The van der Waals surface area contributed by atoms with Crippen molar-refractivity contribution in [3.63, 3.8) is 0 Å². The summed E-state index contributed by atoms with van der Waals surface area (Å²) < 4.78 is 22.7. The Morgan fingerprint density at radius 3 is 2.09 bits per heavy atom. The van der Waals surface area contributed by atoms with E-state index in [-0.39, 0.29) is 0 Å². The molecule has 4 nitrogen and oxygen atoms in total. The van der Waals surface area contributed by atoms with Gasteiger partial charge in [0.15, 0.2) is 0 Å². The molecule has 23 heavy (non-hydrogen) atoms. The van der Waals surface area contributed by atoms with E-state index in [1.54, 1.807) is 14.2 Å². The zero-order valence-electron chi connectivity index (χ0n) is 15.5. The summed E-state index contributed by atoms with van der Waals surface area (Å²) in [4.78, 5) is 0. The van der Waals surface area contributed by atoms with Crippen LogP contribution in [0.4, 0.5) is 0 Å². The molecule has 1 saturated carbocycles. The molecule has 0 aromatic carbocycles. The van der Waals surface area contributed by atoms with E-state index in [0.29, 0.717) is 24.0 Å². The van der Waals surface area contributed by atoms with Gasteiger partial charge < -0.3 is 18.9 Å². The van der Waals surface area contributed by atoms with Gasteiger partial charge in [-0.3, -0.25) is 0 Å². The van der Waals surface area contributed by atoms with Gasteiger partial charge in [-0.05, 0) is 49.2 Å². The predicted octanol–water partition coefficient (Wildman–Crippen LogP) is 4.07. The molecule has 0 amide bonds. The molecule has 2 aliphatic carbocycles. The van der Waals surface area contributed by atoms with Gasteiger partial charge in [0.1, 0.15) is 0 Å². The van der Waals surface area contributed by atoms with Crippen molar-refractivity contribution in [1.29, 1.82) is 0 Å². The molecule has 4 unspecified atom stereocenters. The Bertz CT molecular complexity index is 466. The van der Waals surface area contributed by atoms with Crippen LogP contribution in [0.5, 0.6) is 0 Å². The van der Waals surface area contributed by atoms with Crippen LogP contribution < -0.4 is 0 Å². The maximum atomic E-state index is 5.79. The van der Waals surface area contributed by atoms with Crippen LogP contribution in [-0.2, 0) is 18.9 Å². The summed E-state index contributed by atoms with van der Waals surface area (Å²) in [6.07, 6.45) is 5.41. The summed E-state index contributed by atoms with van der Waals surface area (Å²) in [5.41, 5.74) is 2.62. The molecule has 0 radical (unpaired) electrons. The second kappa shape index (κ2) is 8.20. The highest BCUT2D eigenvalue weighted by molar-refractivity contribution is 5.29. The monoisotopic (exact) mass is 324 g/mol. The SMILES string of the molecule is COC1=C(C)CC(OC)=C(CC2CC(OC)C(C)CC2OC)C1. The molecule has 2 aliphatic rings. The molecule has 0 spiro atoms. The van der Waals surface area contributed by atoms with Crippen LogP contribution in [0.25, 0.3) is 0 Å². The molecule has 132 valence electrons. The summed E-state index contributed by atoms with van der Waals surface area (Å²) in [5, 5.41) is 0. The molecule has 0 aromatic heterocycles. The molecule has 0 N–H and O–H groups in total. The lowest BCUT2D eigenvalue weighted by Gasteiger charge is -2.39. The number of ether oxygens (including phenoxy) is 4. The maximum Gasteiger partial charge on any atom is 0.0993 e. The van der Waals surface area contributed by atoms with Crippen LogP contribution in [0.1, 0.15) is 46.0 Å². The number of hydrogen-bond donors (Lipinski definition) is 0. The Kier molecular flexibility index (Phi) is 6.54. The largest absolute Gasteiger partial charge is 0.501 e. The van der Waals surface area contributed by atoms with Gasteiger partial charge in [-0.15, -0.1) is 0 Å². The van der Waals surface area contributed by atoms with Gasteiger partial charge >= 0.3 is 0 Å². The van der Waals surface area contributed by atoms with Crippen molar-refractivity contribution in [3.8, 4) is 0 Å². The zero-order valence-corrected chi connectivity index (χ0v) is 15.5. The fourth-order valence-electron chi connectivity index (χ4n) is 4.10.